The standard InChI is InChI=1S/C11H14O/c1-9(8-12)10(2)11-6-4-3-5-7-11/h3-10H,1-2H3/t9-,10+/m0/s1. The van der Waals surface area contributed by atoms with E-state index in [2.05, 4.69) is 19.1 Å². The Morgan fingerprint density at radius 2 is 1.75 bits per heavy atom. The molecule has 0 aliphatic heterocycles. The molecule has 0 unspecified atom stereocenters. The van der Waals surface area contributed by atoms with Crippen LogP contribution in [0.2, 0.25) is 0 Å². The van der Waals surface area contributed by atoms with Crippen LogP contribution in [0, 0.1) is 5.92 Å². The minimum atomic E-state index is 0.104. The number of benzene rings is 1. The van der Waals surface area contributed by atoms with Gasteiger partial charge in [0.05, 0.1) is 0 Å². The Labute approximate surface area is 73.4 Å². The van der Waals surface area contributed by atoms with Gasteiger partial charge in [-0.05, 0) is 11.5 Å². The van der Waals surface area contributed by atoms with E-state index in [1.165, 1.54) is 5.56 Å². The van der Waals surface area contributed by atoms with E-state index in [4.69, 9.17) is 0 Å². The van der Waals surface area contributed by atoms with E-state index >= 15 is 0 Å². The van der Waals surface area contributed by atoms with Crippen molar-refractivity contribution in [2.45, 2.75) is 19.8 Å². The quantitative estimate of drug-likeness (QED) is 0.624. The summed E-state index contributed by atoms with van der Waals surface area (Å²) < 4.78 is 0. The average Bonchev–Trinajstić information content (AvgIpc) is 2.17. The summed E-state index contributed by atoms with van der Waals surface area (Å²) in [6.07, 6.45) is 1.01. The smallest absolute Gasteiger partial charge is 0.123 e. The zero-order valence-electron chi connectivity index (χ0n) is 7.53. The first-order valence-corrected chi connectivity index (χ1v) is 4.26. The Kier molecular flexibility index (Phi) is 3.03. The van der Waals surface area contributed by atoms with E-state index in [-0.39, 0.29) is 5.92 Å². The normalized spacial score (nSPS) is 15.2. The number of carbonyl (C=O) groups excluding carboxylic acids is 1. The van der Waals surface area contributed by atoms with Crippen LogP contribution in [-0.4, -0.2) is 6.29 Å². The largest absolute Gasteiger partial charge is 0.303 e. The fourth-order valence-electron chi connectivity index (χ4n) is 1.18. The minimum absolute atomic E-state index is 0.104. The second-order valence-corrected chi connectivity index (χ2v) is 3.19. The lowest BCUT2D eigenvalue weighted by Crippen LogP contribution is -2.06. The Bertz CT molecular complexity index is 240. The first-order chi connectivity index (χ1) is 5.75. The third-order valence-corrected chi connectivity index (χ3v) is 2.33. The molecular weight excluding hydrogens is 148 g/mol. The number of hydrogen-bond acceptors (Lipinski definition) is 1. The summed E-state index contributed by atoms with van der Waals surface area (Å²) in [6, 6.07) is 10.1. The van der Waals surface area contributed by atoms with Crippen LogP contribution in [0.3, 0.4) is 0 Å². The van der Waals surface area contributed by atoms with Crippen LogP contribution in [0.25, 0.3) is 0 Å². The molecule has 0 heterocycles. The second kappa shape index (κ2) is 4.05. The molecule has 0 aliphatic rings. The molecule has 64 valence electrons. The van der Waals surface area contributed by atoms with Gasteiger partial charge in [-0.2, -0.15) is 0 Å². The Morgan fingerprint density at radius 3 is 2.25 bits per heavy atom. The highest BCUT2D eigenvalue weighted by Crippen LogP contribution is 2.21. The summed E-state index contributed by atoms with van der Waals surface area (Å²) in [7, 11) is 0. The SMILES string of the molecule is C[C@@H](C=O)[C@@H](C)c1ccccc1. The van der Waals surface area contributed by atoms with Gasteiger partial charge in [-0.15, -0.1) is 0 Å². The summed E-state index contributed by atoms with van der Waals surface area (Å²) in [5, 5.41) is 0. The molecule has 1 aromatic rings. The van der Waals surface area contributed by atoms with Gasteiger partial charge in [-0.1, -0.05) is 44.2 Å². The van der Waals surface area contributed by atoms with Crippen LogP contribution in [0.15, 0.2) is 30.3 Å². The topological polar surface area (TPSA) is 17.1 Å². The molecule has 12 heavy (non-hydrogen) atoms. The molecule has 0 aliphatic carbocycles. The molecule has 2 atom stereocenters. The van der Waals surface area contributed by atoms with Crippen molar-refractivity contribution in [2.24, 2.45) is 5.92 Å². The Hall–Kier alpha value is -1.11. The van der Waals surface area contributed by atoms with Gasteiger partial charge in [0.15, 0.2) is 0 Å². The molecule has 0 aromatic heterocycles. The third kappa shape index (κ3) is 1.94. The van der Waals surface area contributed by atoms with Crippen molar-refractivity contribution in [1.82, 2.24) is 0 Å². The van der Waals surface area contributed by atoms with Crippen LogP contribution in [0.4, 0.5) is 0 Å². The lowest BCUT2D eigenvalue weighted by molar-refractivity contribution is -0.111. The molecule has 0 spiro atoms. The van der Waals surface area contributed by atoms with Crippen LogP contribution in [0.5, 0.6) is 0 Å². The molecule has 1 nitrogen and oxygen atoms in total. The maximum absolute atomic E-state index is 10.5. The number of aldehydes is 1. The van der Waals surface area contributed by atoms with Crippen molar-refractivity contribution in [3.8, 4) is 0 Å². The molecule has 0 saturated carbocycles. The molecule has 1 aromatic carbocycles. The van der Waals surface area contributed by atoms with Crippen molar-refractivity contribution in [1.29, 1.82) is 0 Å². The van der Waals surface area contributed by atoms with Crippen molar-refractivity contribution < 1.29 is 4.79 Å². The van der Waals surface area contributed by atoms with Gasteiger partial charge in [0, 0.05) is 5.92 Å². The van der Waals surface area contributed by atoms with E-state index in [0.717, 1.165) is 6.29 Å². The second-order valence-electron chi connectivity index (χ2n) is 3.19. The zero-order chi connectivity index (χ0) is 8.97. The van der Waals surface area contributed by atoms with Crippen molar-refractivity contribution in [3.05, 3.63) is 35.9 Å². The van der Waals surface area contributed by atoms with E-state index in [0.29, 0.717) is 5.92 Å². The molecule has 0 N–H and O–H groups in total. The summed E-state index contributed by atoms with van der Waals surface area (Å²) >= 11 is 0. The molecule has 0 amide bonds. The first kappa shape index (κ1) is 8.98. The third-order valence-electron chi connectivity index (χ3n) is 2.33. The fourth-order valence-corrected chi connectivity index (χ4v) is 1.18. The van der Waals surface area contributed by atoms with Crippen molar-refractivity contribution >= 4 is 6.29 Å². The highest BCUT2D eigenvalue weighted by Gasteiger charge is 2.11. The van der Waals surface area contributed by atoms with Gasteiger partial charge in [0.1, 0.15) is 6.29 Å². The van der Waals surface area contributed by atoms with E-state index in [9.17, 15) is 4.79 Å². The van der Waals surface area contributed by atoms with Crippen LogP contribution in [0.1, 0.15) is 25.3 Å². The average molecular weight is 162 g/mol. The van der Waals surface area contributed by atoms with Crippen LogP contribution >= 0.6 is 0 Å². The Morgan fingerprint density at radius 1 is 1.17 bits per heavy atom. The van der Waals surface area contributed by atoms with Gasteiger partial charge in [0.25, 0.3) is 0 Å². The molecule has 0 saturated heterocycles. The van der Waals surface area contributed by atoms with Gasteiger partial charge in [0.2, 0.25) is 0 Å². The number of hydrogen-bond donors (Lipinski definition) is 0. The fraction of sp³-hybridized carbons (Fsp3) is 0.364. The molecule has 1 rings (SSSR count). The number of rotatable bonds is 3. The van der Waals surface area contributed by atoms with Crippen molar-refractivity contribution in [3.63, 3.8) is 0 Å². The van der Waals surface area contributed by atoms with Gasteiger partial charge in [-0.25, -0.2) is 0 Å². The molecule has 0 fully saturated rings. The molecule has 1 heteroatoms. The summed E-state index contributed by atoms with van der Waals surface area (Å²) in [4.78, 5) is 10.5. The first-order valence-electron chi connectivity index (χ1n) is 4.26. The highest BCUT2D eigenvalue weighted by molar-refractivity contribution is 5.55. The monoisotopic (exact) mass is 162 g/mol. The van der Waals surface area contributed by atoms with Gasteiger partial charge in [-0.3, -0.25) is 0 Å². The zero-order valence-corrected chi connectivity index (χ0v) is 7.53. The summed E-state index contributed by atoms with van der Waals surface area (Å²) in [6.45, 7) is 4.03. The predicted molar refractivity (Wildman–Crippen MR) is 50.1 cm³/mol. The number of carbonyl (C=O) groups is 1. The lowest BCUT2D eigenvalue weighted by atomic mass is 9.90. The highest BCUT2D eigenvalue weighted by atomic mass is 16.1. The summed E-state index contributed by atoms with van der Waals surface area (Å²) in [5.74, 6) is 0.427. The Balaban J connectivity index is 2.78. The van der Waals surface area contributed by atoms with E-state index in [1.54, 1.807) is 0 Å². The van der Waals surface area contributed by atoms with E-state index < -0.39 is 0 Å². The molecule has 0 bridgehead atoms. The minimum Gasteiger partial charge on any atom is -0.303 e. The maximum Gasteiger partial charge on any atom is 0.123 e. The van der Waals surface area contributed by atoms with Crippen molar-refractivity contribution in [2.75, 3.05) is 0 Å². The maximum atomic E-state index is 10.5. The summed E-state index contributed by atoms with van der Waals surface area (Å²) in [5.41, 5.74) is 1.23. The van der Waals surface area contributed by atoms with Gasteiger partial charge < -0.3 is 4.79 Å². The predicted octanol–water partition coefficient (Wildman–Crippen LogP) is 2.63. The molecule has 0 radical (unpaired) electrons. The lowest BCUT2D eigenvalue weighted by Gasteiger charge is -2.13. The molecular formula is C11H14O. The van der Waals surface area contributed by atoms with Gasteiger partial charge >= 0.3 is 0 Å². The van der Waals surface area contributed by atoms with Crippen LogP contribution < -0.4 is 0 Å². The van der Waals surface area contributed by atoms with Crippen LogP contribution in [-0.2, 0) is 4.79 Å². The van der Waals surface area contributed by atoms with E-state index in [1.807, 2.05) is 25.1 Å².